The van der Waals surface area contributed by atoms with Crippen molar-refractivity contribution in [3.63, 3.8) is 0 Å². The van der Waals surface area contributed by atoms with Gasteiger partial charge in [0.2, 0.25) is 0 Å². The van der Waals surface area contributed by atoms with Crippen LogP contribution in [0.5, 0.6) is 17.2 Å². The van der Waals surface area contributed by atoms with Crippen molar-refractivity contribution in [2.45, 2.75) is 13.0 Å². The van der Waals surface area contributed by atoms with E-state index in [0.717, 1.165) is 22.8 Å². The fourth-order valence-corrected chi connectivity index (χ4v) is 1.88. The molecular weight excluding hydrogens is 238 g/mol. The molecule has 0 radical (unpaired) electrons. The minimum absolute atomic E-state index is 0.238. The molecule has 2 rings (SSSR count). The number of benzene rings is 2. The van der Waals surface area contributed by atoms with E-state index in [0.29, 0.717) is 0 Å². The molecule has 1 atom stereocenters. The third-order valence-corrected chi connectivity index (χ3v) is 3.09. The Kier molecular flexibility index (Phi) is 4.42. The van der Waals surface area contributed by atoms with Gasteiger partial charge in [0, 0.05) is 17.7 Å². The van der Waals surface area contributed by atoms with E-state index in [9.17, 15) is 0 Å². The van der Waals surface area contributed by atoms with Crippen LogP contribution < -0.4 is 14.8 Å². The monoisotopic (exact) mass is 257 g/mol. The number of methoxy groups -OCH3 is 1. The van der Waals surface area contributed by atoms with E-state index in [1.54, 1.807) is 7.11 Å². The van der Waals surface area contributed by atoms with Crippen molar-refractivity contribution in [1.29, 1.82) is 0 Å². The Bertz CT molecular complexity index is 540. The van der Waals surface area contributed by atoms with Crippen LogP contribution in [0.3, 0.4) is 0 Å². The van der Waals surface area contributed by atoms with Gasteiger partial charge in [0.1, 0.15) is 17.2 Å². The molecule has 1 unspecified atom stereocenters. The van der Waals surface area contributed by atoms with Crippen molar-refractivity contribution < 1.29 is 9.47 Å². The van der Waals surface area contributed by atoms with E-state index < -0.39 is 0 Å². The molecule has 0 aliphatic heterocycles. The Labute approximate surface area is 114 Å². The highest BCUT2D eigenvalue weighted by Gasteiger charge is 2.10. The molecule has 0 heterocycles. The molecule has 0 aliphatic carbocycles. The van der Waals surface area contributed by atoms with Gasteiger partial charge in [-0.1, -0.05) is 24.3 Å². The first-order valence-corrected chi connectivity index (χ1v) is 6.32. The van der Waals surface area contributed by atoms with Crippen molar-refractivity contribution in [3.05, 3.63) is 54.1 Å². The Balaban J connectivity index is 2.27. The van der Waals surface area contributed by atoms with Gasteiger partial charge < -0.3 is 14.8 Å². The molecule has 0 amide bonds. The summed E-state index contributed by atoms with van der Waals surface area (Å²) in [6, 6.07) is 15.9. The van der Waals surface area contributed by atoms with Crippen LogP contribution in [0.4, 0.5) is 0 Å². The van der Waals surface area contributed by atoms with Gasteiger partial charge in [-0.15, -0.1) is 0 Å². The Morgan fingerprint density at radius 2 is 1.74 bits per heavy atom. The topological polar surface area (TPSA) is 30.5 Å². The zero-order valence-corrected chi connectivity index (χ0v) is 11.5. The maximum absolute atomic E-state index is 5.95. The number of nitrogens with one attached hydrogen (secondary N) is 1. The second-order valence-corrected chi connectivity index (χ2v) is 4.33. The zero-order chi connectivity index (χ0) is 13.7. The Morgan fingerprint density at radius 3 is 2.47 bits per heavy atom. The molecule has 3 heteroatoms. The number of hydrogen-bond donors (Lipinski definition) is 1. The number of ether oxygens (including phenoxy) is 2. The molecule has 2 aromatic rings. The maximum atomic E-state index is 5.95. The molecule has 0 saturated heterocycles. The normalized spacial score (nSPS) is 11.9. The van der Waals surface area contributed by atoms with Crippen LogP contribution in [-0.4, -0.2) is 14.2 Å². The highest BCUT2D eigenvalue weighted by molar-refractivity contribution is 5.41. The van der Waals surface area contributed by atoms with Gasteiger partial charge in [0.25, 0.3) is 0 Å². The molecule has 0 aliphatic rings. The molecule has 2 aromatic carbocycles. The lowest BCUT2D eigenvalue weighted by atomic mass is 10.1. The standard InChI is InChI=1S/C16H19NO2/c1-12(17-2)15-9-4-5-10-16(15)19-14-8-6-7-13(11-14)18-3/h4-12,17H,1-3H3. The second kappa shape index (κ2) is 6.25. The molecule has 0 aromatic heterocycles. The molecule has 3 nitrogen and oxygen atoms in total. The predicted octanol–water partition coefficient (Wildman–Crippen LogP) is 3.77. The molecule has 0 fully saturated rings. The first-order chi connectivity index (χ1) is 9.24. The summed E-state index contributed by atoms with van der Waals surface area (Å²) in [5.74, 6) is 2.42. The van der Waals surface area contributed by atoms with Gasteiger partial charge in [-0.2, -0.15) is 0 Å². The van der Waals surface area contributed by atoms with Crippen LogP contribution in [0.25, 0.3) is 0 Å². The molecule has 100 valence electrons. The van der Waals surface area contributed by atoms with Crippen LogP contribution in [0.2, 0.25) is 0 Å². The summed E-state index contributed by atoms with van der Waals surface area (Å²) in [6.45, 7) is 2.10. The van der Waals surface area contributed by atoms with Gasteiger partial charge in [0.15, 0.2) is 0 Å². The van der Waals surface area contributed by atoms with E-state index in [4.69, 9.17) is 9.47 Å². The summed E-state index contributed by atoms with van der Waals surface area (Å²) in [6.07, 6.45) is 0. The third kappa shape index (κ3) is 3.26. The Hall–Kier alpha value is -2.00. The van der Waals surface area contributed by atoms with E-state index in [2.05, 4.69) is 18.3 Å². The highest BCUT2D eigenvalue weighted by atomic mass is 16.5. The van der Waals surface area contributed by atoms with Gasteiger partial charge in [-0.05, 0) is 32.2 Å². The van der Waals surface area contributed by atoms with E-state index in [1.807, 2.05) is 49.5 Å². The maximum Gasteiger partial charge on any atom is 0.132 e. The molecule has 1 N–H and O–H groups in total. The average molecular weight is 257 g/mol. The molecule has 0 saturated carbocycles. The third-order valence-electron chi connectivity index (χ3n) is 3.09. The SMILES string of the molecule is CNC(C)c1ccccc1Oc1cccc(OC)c1. The van der Waals surface area contributed by atoms with Gasteiger partial charge in [0.05, 0.1) is 7.11 Å². The average Bonchev–Trinajstić information content (AvgIpc) is 2.47. The van der Waals surface area contributed by atoms with E-state index in [-0.39, 0.29) is 6.04 Å². The first-order valence-electron chi connectivity index (χ1n) is 6.32. The first kappa shape index (κ1) is 13.4. The minimum atomic E-state index is 0.238. The summed E-state index contributed by atoms with van der Waals surface area (Å²) in [5.41, 5.74) is 1.13. The van der Waals surface area contributed by atoms with Crippen molar-refractivity contribution >= 4 is 0 Å². The number of hydrogen-bond acceptors (Lipinski definition) is 3. The summed E-state index contributed by atoms with van der Waals surface area (Å²) < 4.78 is 11.2. The number of rotatable bonds is 5. The lowest BCUT2D eigenvalue weighted by Crippen LogP contribution is -2.13. The molecule has 0 bridgehead atoms. The van der Waals surface area contributed by atoms with Gasteiger partial charge in [-0.3, -0.25) is 0 Å². The van der Waals surface area contributed by atoms with Crippen molar-refractivity contribution in [1.82, 2.24) is 5.32 Å². The van der Waals surface area contributed by atoms with Gasteiger partial charge >= 0.3 is 0 Å². The highest BCUT2D eigenvalue weighted by Crippen LogP contribution is 2.30. The van der Waals surface area contributed by atoms with Crippen LogP contribution in [-0.2, 0) is 0 Å². The van der Waals surface area contributed by atoms with Crippen LogP contribution in [0.15, 0.2) is 48.5 Å². The largest absolute Gasteiger partial charge is 0.497 e. The van der Waals surface area contributed by atoms with Gasteiger partial charge in [-0.25, -0.2) is 0 Å². The lowest BCUT2D eigenvalue weighted by Gasteiger charge is -2.16. The fourth-order valence-electron chi connectivity index (χ4n) is 1.88. The lowest BCUT2D eigenvalue weighted by molar-refractivity contribution is 0.408. The zero-order valence-electron chi connectivity index (χ0n) is 11.5. The summed E-state index contributed by atoms with van der Waals surface area (Å²) >= 11 is 0. The van der Waals surface area contributed by atoms with Crippen LogP contribution in [0.1, 0.15) is 18.5 Å². The quantitative estimate of drug-likeness (QED) is 0.884. The summed E-state index contributed by atoms with van der Waals surface area (Å²) in [7, 11) is 3.59. The van der Waals surface area contributed by atoms with Crippen molar-refractivity contribution in [3.8, 4) is 17.2 Å². The van der Waals surface area contributed by atoms with Crippen LogP contribution in [0, 0.1) is 0 Å². The summed E-state index contributed by atoms with van der Waals surface area (Å²) in [4.78, 5) is 0. The van der Waals surface area contributed by atoms with Crippen molar-refractivity contribution in [2.24, 2.45) is 0 Å². The predicted molar refractivity (Wildman–Crippen MR) is 77.0 cm³/mol. The van der Waals surface area contributed by atoms with Crippen molar-refractivity contribution in [2.75, 3.05) is 14.2 Å². The minimum Gasteiger partial charge on any atom is -0.497 e. The molecule has 19 heavy (non-hydrogen) atoms. The fraction of sp³-hybridized carbons (Fsp3) is 0.250. The van der Waals surface area contributed by atoms with E-state index in [1.165, 1.54) is 0 Å². The van der Waals surface area contributed by atoms with Crippen LogP contribution >= 0.6 is 0 Å². The van der Waals surface area contributed by atoms with E-state index >= 15 is 0 Å². The summed E-state index contributed by atoms with van der Waals surface area (Å²) in [5, 5.41) is 3.23. The molecular formula is C16H19NO2. The number of para-hydroxylation sites is 1. The second-order valence-electron chi connectivity index (χ2n) is 4.33. The molecule has 0 spiro atoms. The smallest absolute Gasteiger partial charge is 0.132 e. The Morgan fingerprint density at radius 1 is 1.00 bits per heavy atom.